The Hall–Kier alpha value is -3.40. The number of hydrogen-bond acceptors (Lipinski definition) is 4. The van der Waals surface area contributed by atoms with Gasteiger partial charge in [-0.2, -0.15) is 0 Å². The number of carbonyl (C=O) groups is 1. The first-order chi connectivity index (χ1) is 12.3. The average molecular weight is 329 g/mol. The van der Waals surface area contributed by atoms with Gasteiger partial charge in [-0.25, -0.2) is 0 Å². The monoisotopic (exact) mass is 329 g/mol. The molecule has 0 spiro atoms. The molecule has 4 heteroatoms. The highest BCUT2D eigenvalue weighted by atomic mass is 16.5. The van der Waals surface area contributed by atoms with Gasteiger partial charge < -0.3 is 9.47 Å². The lowest BCUT2D eigenvalue weighted by atomic mass is 10.1. The van der Waals surface area contributed by atoms with Crippen LogP contribution in [-0.4, -0.2) is 10.8 Å². The van der Waals surface area contributed by atoms with Gasteiger partial charge in [0, 0.05) is 18.5 Å². The third-order valence-electron chi connectivity index (χ3n) is 3.87. The first-order valence-electron chi connectivity index (χ1n) is 7.95. The molecule has 3 aromatic rings. The van der Waals surface area contributed by atoms with Gasteiger partial charge in [0.05, 0.1) is 5.56 Å². The molecule has 0 N–H and O–H groups in total. The van der Waals surface area contributed by atoms with E-state index in [2.05, 4.69) is 4.98 Å². The molecule has 122 valence electrons. The van der Waals surface area contributed by atoms with Gasteiger partial charge in [0.1, 0.15) is 18.1 Å². The first-order valence-corrected chi connectivity index (χ1v) is 7.95. The highest BCUT2D eigenvalue weighted by Crippen LogP contribution is 2.35. The van der Waals surface area contributed by atoms with Crippen molar-refractivity contribution in [2.75, 3.05) is 0 Å². The first kappa shape index (κ1) is 15.1. The molecular formula is C21H15NO3. The van der Waals surface area contributed by atoms with E-state index in [9.17, 15) is 4.79 Å². The Balaban J connectivity index is 1.52. The molecule has 4 nitrogen and oxygen atoms in total. The molecule has 1 aromatic heterocycles. The summed E-state index contributed by atoms with van der Waals surface area (Å²) in [5, 5.41) is 0. The van der Waals surface area contributed by atoms with Gasteiger partial charge in [-0.1, -0.05) is 36.4 Å². The topological polar surface area (TPSA) is 48.4 Å². The molecule has 4 rings (SSSR count). The third-order valence-corrected chi connectivity index (χ3v) is 3.87. The van der Waals surface area contributed by atoms with Gasteiger partial charge in [-0.05, 0) is 35.4 Å². The van der Waals surface area contributed by atoms with E-state index in [1.54, 1.807) is 36.7 Å². The summed E-state index contributed by atoms with van der Waals surface area (Å²) in [7, 11) is 0. The van der Waals surface area contributed by atoms with E-state index in [0.29, 0.717) is 29.4 Å². The van der Waals surface area contributed by atoms with Crippen LogP contribution in [0.4, 0.5) is 0 Å². The molecular weight excluding hydrogens is 314 g/mol. The van der Waals surface area contributed by atoms with Crippen molar-refractivity contribution in [3.63, 3.8) is 0 Å². The van der Waals surface area contributed by atoms with E-state index in [1.807, 2.05) is 42.5 Å². The summed E-state index contributed by atoms with van der Waals surface area (Å²) in [5.74, 6) is 1.35. The number of allylic oxidation sites excluding steroid dienone is 1. The number of rotatable bonds is 4. The Labute approximate surface area is 145 Å². The van der Waals surface area contributed by atoms with Crippen molar-refractivity contribution in [3.8, 4) is 11.5 Å². The molecule has 1 aliphatic heterocycles. The van der Waals surface area contributed by atoms with Crippen LogP contribution in [0.5, 0.6) is 11.5 Å². The average Bonchev–Trinajstić information content (AvgIpc) is 2.97. The summed E-state index contributed by atoms with van der Waals surface area (Å²) in [6.07, 6.45) is 5.06. The van der Waals surface area contributed by atoms with E-state index in [-0.39, 0.29) is 5.78 Å². The second kappa shape index (κ2) is 6.61. The molecule has 2 aromatic carbocycles. The fourth-order valence-electron chi connectivity index (χ4n) is 2.61. The normalized spacial score (nSPS) is 14.2. The number of pyridine rings is 1. The van der Waals surface area contributed by atoms with Crippen molar-refractivity contribution in [1.82, 2.24) is 4.98 Å². The van der Waals surface area contributed by atoms with Crippen LogP contribution in [-0.2, 0) is 6.61 Å². The lowest BCUT2D eigenvalue weighted by Crippen LogP contribution is -1.98. The van der Waals surface area contributed by atoms with Crippen LogP contribution in [0.2, 0.25) is 0 Å². The Morgan fingerprint density at radius 2 is 1.92 bits per heavy atom. The number of fused-ring (bicyclic) bond motifs is 1. The van der Waals surface area contributed by atoms with Crippen LogP contribution >= 0.6 is 0 Å². The summed E-state index contributed by atoms with van der Waals surface area (Å²) in [6.45, 7) is 0.464. The van der Waals surface area contributed by atoms with Gasteiger partial charge >= 0.3 is 0 Å². The number of nitrogens with zero attached hydrogens (tertiary/aromatic N) is 1. The molecule has 0 atom stereocenters. The van der Waals surface area contributed by atoms with Crippen molar-refractivity contribution in [3.05, 3.63) is 95.5 Å². The van der Waals surface area contributed by atoms with Crippen LogP contribution in [0.1, 0.15) is 21.5 Å². The number of benzene rings is 2. The third kappa shape index (κ3) is 3.28. The standard InChI is InChI=1S/C21H15NO3/c23-21-18-9-8-17(24-14-15-5-2-1-3-6-15)12-19(18)25-20(21)11-16-7-4-10-22-13-16/h1-13H,14H2/b20-11-. The molecule has 0 fully saturated rings. The molecule has 2 heterocycles. The van der Waals surface area contributed by atoms with Crippen molar-refractivity contribution >= 4 is 11.9 Å². The maximum atomic E-state index is 12.4. The molecule has 0 aliphatic carbocycles. The van der Waals surface area contributed by atoms with Crippen molar-refractivity contribution in [2.24, 2.45) is 0 Å². The zero-order chi connectivity index (χ0) is 17.1. The summed E-state index contributed by atoms with van der Waals surface area (Å²) in [6, 6.07) is 18.9. The summed E-state index contributed by atoms with van der Waals surface area (Å²) in [5.41, 5.74) is 2.44. The summed E-state index contributed by atoms with van der Waals surface area (Å²) < 4.78 is 11.5. The Kier molecular flexibility index (Phi) is 4.01. The predicted octanol–water partition coefficient (Wildman–Crippen LogP) is 4.28. The van der Waals surface area contributed by atoms with Crippen molar-refractivity contribution < 1.29 is 14.3 Å². The van der Waals surface area contributed by atoms with E-state index < -0.39 is 0 Å². The highest BCUT2D eigenvalue weighted by molar-refractivity contribution is 6.14. The van der Waals surface area contributed by atoms with E-state index >= 15 is 0 Å². The van der Waals surface area contributed by atoms with Crippen LogP contribution in [0.15, 0.2) is 78.8 Å². The maximum absolute atomic E-state index is 12.4. The van der Waals surface area contributed by atoms with Gasteiger partial charge in [-0.15, -0.1) is 0 Å². The number of ether oxygens (including phenoxy) is 2. The van der Waals surface area contributed by atoms with Crippen LogP contribution in [0, 0.1) is 0 Å². The number of hydrogen-bond donors (Lipinski definition) is 0. The fourth-order valence-corrected chi connectivity index (χ4v) is 2.61. The Morgan fingerprint density at radius 3 is 2.72 bits per heavy atom. The molecule has 0 amide bonds. The van der Waals surface area contributed by atoms with Gasteiger partial charge in [0.15, 0.2) is 5.76 Å². The second-order valence-electron chi connectivity index (χ2n) is 5.66. The van der Waals surface area contributed by atoms with E-state index in [4.69, 9.17) is 9.47 Å². The van der Waals surface area contributed by atoms with Gasteiger partial charge in [0.2, 0.25) is 5.78 Å². The Morgan fingerprint density at radius 1 is 1.04 bits per heavy atom. The van der Waals surface area contributed by atoms with Crippen LogP contribution in [0.25, 0.3) is 6.08 Å². The smallest absolute Gasteiger partial charge is 0.231 e. The fraction of sp³-hybridized carbons (Fsp3) is 0.0476. The van der Waals surface area contributed by atoms with Gasteiger partial charge in [-0.3, -0.25) is 9.78 Å². The predicted molar refractivity (Wildman–Crippen MR) is 94.4 cm³/mol. The van der Waals surface area contributed by atoms with Gasteiger partial charge in [0.25, 0.3) is 0 Å². The zero-order valence-electron chi connectivity index (χ0n) is 13.4. The zero-order valence-corrected chi connectivity index (χ0v) is 13.4. The molecule has 0 saturated carbocycles. The van der Waals surface area contributed by atoms with Crippen molar-refractivity contribution in [2.45, 2.75) is 6.61 Å². The number of carbonyl (C=O) groups excluding carboxylic acids is 1. The Bertz CT molecular complexity index is 934. The second-order valence-corrected chi connectivity index (χ2v) is 5.66. The summed E-state index contributed by atoms with van der Waals surface area (Å²) in [4.78, 5) is 16.5. The number of Topliss-reactive ketones (excluding diaryl/α,β-unsaturated/α-hetero) is 1. The lowest BCUT2D eigenvalue weighted by molar-refractivity contribution is 0.101. The lowest BCUT2D eigenvalue weighted by Gasteiger charge is -2.07. The molecule has 0 unspecified atom stereocenters. The van der Waals surface area contributed by atoms with E-state index in [1.165, 1.54) is 0 Å². The largest absolute Gasteiger partial charge is 0.489 e. The van der Waals surface area contributed by atoms with Crippen LogP contribution in [0.3, 0.4) is 0 Å². The van der Waals surface area contributed by atoms with E-state index in [0.717, 1.165) is 11.1 Å². The molecule has 0 radical (unpaired) electrons. The quantitative estimate of drug-likeness (QED) is 0.671. The SMILES string of the molecule is O=C1/C(=C/c2cccnc2)Oc2cc(OCc3ccccc3)ccc21. The minimum atomic E-state index is -0.131. The molecule has 1 aliphatic rings. The number of aromatic nitrogens is 1. The number of ketones is 1. The molecule has 25 heavy (non-hydrogen) atoms. The maximum Gasteiger partial charge on any atom is 0.231 e. The van der Waals surface area contributed by atoms with Crippen LogP contribution < -0.4 is 9.47 Å². The minimum absolute atomic E-state index is 0.131. The van der Waals surface area contributed by atoms with Crippen molar-refractivity contribution in [1.29, 1.82) is 0 Å². The summed E-state index contributed by atoms with van der Waals surface area (Å²) >= 11 is 0. The minimum Gasteiger partial charge on any atom is -0.489 e. The highest BCUT2D eigenvalue weighted by Gasteiger charge is 2.27. The molecule has 0 saturated heterocycles. The molecule has 0 bridgehead atoms.